The third kappa shape index (κ3) is 3.16. The Bertz CT molecular complexity index is 818. The van der Waals surface area contributed by atoms with Crippen molar-refractivity contribution in [2.24, 2.45) is 0 Å². The van der Waals surface area contributed by atoms with Crippen LogP contribution in [0, 0.1) is 0 Å². The number of hydrogen-bond acceptors (Lipinski definition) is 2. The van der Waals surface area contributed by atoms with Crippen LogP contribution in [0.5, 0.6) is 5.75 Å². The van der Waals surface area contributed by atoms with Gasteiger partial charge in [-0.15, -0.1) is 0 Å². The Hall–Kier alpha value is -2.87. The molecule has 0 aliphatic carbocycles. The SMILES string of the molecule is COc1ccc(-c2ccc(C(C)=O)c(-c3ccccc3)c2)cc1. The lowest BCUT2D eigenvalue weighted by molar-refractivity contribution is 0.101. The Morgan fingerprint density at radius 1 is 0.783 bits per heavy atom. The maximum absolute atomic E-state index is 12.0. The van der Waals surface area contributed by atoms with Gasteiger partial charge in [-0.05, 0) is 47.4 Å². The molecule has 0 aromatic heterocycles. The fourth-order valence-electron chi connectivity index (χ4n) is 2.67. The van der Waals surface area contributed by atoms with Gasteiger partial charge in [0.15, 0.2) is 5.78 Å². The highest BCUT2D eigenvalue weighted by atomic mass is 16.5. The quantitative estimate of drug-likeness (QED) is 0.617. The van der Waals surface area contributed by atoms with Crippen molar-refractivity contribution in [3.8, 4) is 28.0 Å². The van der Waals surface area contributed by atoms with E-state index in [1.807, 2.05) is 66.7 Å². The Morgan fingerprint density at radius 2 is 1.43 bits per heavy atom. The third-order valence-electron chi connectivity index (χ3n) is 3.91. The summed E-state index contributed by atoms with van der Waals surface area (Å²) in [5.74, 6) is 0.905. The van der Waals surface area contributed by atoms with Gasteiger partial charge < -0.3 is 4.74 Å². The summed E-state index contributed by atoms with van der Waals surface area (Å²) in [4.78, 5) is 12.0. The molecule has 0 heterocycles. The zero-order valence-corrected chi connectivity index (χ0v) is 13.2. The van der Waals surface area contributed by atoms with Crippen LogP contribution in [0.25, 0.3) is 22.3 Å². The Balaban J connectivity index is 2.11. The van der Waals surface area contributed by atoms with Gasteiger partial charge in [-0.3, -0.25) is 4.79 Å². The van der Waals surface area contributed by atoms with E-state index in [4.69, 9.17) is 4.74 Å². The minimum Gasteiger partial charge on any atom is -0.497 e. The van der Waals surface area contributed by atoms with Crippen molar-refractivity contribution in [3.05, 3.63) is 78.4 Å². The van der Waals surface area contributed by atoms with Gasteiger partial charge in [-0.1, -0.05) is 54.6 Å². The first-order valence-corrected chi connectivity index (χ1v) is 7.54. The van der Waals surface area contributed by atoms with Crippen LogP contribution in [0.15, 0.2) is 72.8 Å². The highest BCUT2D eigenvalue weighted by Crippen LogP contribution is 2.30. The van der Waals surface area contributed by atoms with Crippen molar-refractivity contribution in [2.45, 2.75) is 6.92 Å². The van der Waals surface area contributed by atoms with E-state index in [2.05, 4.69) is 6.07 Å². The highest BCUT2D eigenvalue weighted by molar-refractivity contribution is 6.01. The minimum absolute atomic E-state index is 0.0742. The molecule has 0 saturated heterocycles. The fourth-order valence-corrected chi connectivity index (χ4v) is 2.67. The molecule has 0 spiro atoms. The van der Waals surface area contributed by atoms with E-state index in [9.17, 15) is 4.79 Å². The molecule has 23 heavy (non-hydrogen) atoms. The van der Waals surface area contributed by atoms with E-state index < -0.39 is 0 Å². The van der Waals surface area contributed by atoms with Gasteiger partial charge in [0.1, 0.15) is 5.75 Å². The van der Waals surface area contributed by atoms with Crippen molar-refractivity contribution in [1.82, 2.24) is 0 Å². The number of ketones is 1. The maximum Gasteiger partial charge on any atom is 0.160 e. The first-order valence-electron chi connectivity index (χ1n) is 7.54. The lowest BCUT2D eigenvalue weighted by atomic mass is 9.93. The van der Waals surface area contributed by atoms with Crippen LogP contribution in [-0.4, -0.2) is 12.9 Å². The van der Waals surface area contributed by atoms with E-state index in [1.165, 1.54) is 0 Å². The van der Waals surface area contributed by atoms with Gasteiger partial charge in [0.25, 0.3) is 0 Å². The second-order valence-electron chi connectivity index (χ2n) is 5.41. The van der Waals surface area contributed by atoms with Gasteiger partial charge in [0.2, 0.25) is 0 Å². The van der Waals surface area contributed by atoms with Gasteiger partial charge in [0, 0.05) is 5.56 Å². The average molecular weight is 302 g/mol. The highest BCUT2D eigenvalue weighted by Gasteiger charge is 2.11. The normalized spacial score (nSPS) is 10.3. The summed E-state index contributed by atoms with van der Waals surface area (Å²) < 4.78 is 5.20. The molecule has 0 N–H and O–H groups in total. The summed E-state index contributed by atoms with van der Waals surface area (Å²) in [6, 6.07) is 23.9. The molecule has 3 aromatic carbocycles. The molecule has 0 amide bonds. The Morgan fingerprint density at radius 3 is 2.04 bits per heavy atom. The van der Waals surface area contributed by atoms with Crippen LogP contribution in [-0.2, 0) is 0 Å². The summed E-state index contributed by atoms with van der Waals surface area (Å²) in [6.07, 6.45) is 0. The van der Waals surface area contributed by atoms with E-state index in [0.29, 0.717) is 0 Å². The molecule has 0 aliphatic rings. The van der Waals surface area contributed by atoms with Gasteiger partial charge in [-0.2, -0.15) is 0 Å². The molecular formula is C21H18O2. The number of carbonyl (C=O) groups is 1. The lowest BCUT2D eigenvalue weighted by Gasteiger charge is -2.11. The topological polar surface area (TPSA) is 26.3 Å². The minimum atomic E-state index is 0.0742. The molecule has 3 aromatic rings. The molecule has 0 unspecified atom stereocenters. The van der Waals surface area contributed by atoms with Crippen LogP contribution in [0.4, 0.5) is 0 Å². The van der Waals surface area contributed by atoms with Gasteiger partial charge in [-0.25, -0.2) is 0 Å². The first kappa shape index (κ1) is 15.0. The number of methoxy groups -OCH3 is 1. The van der Waals surface area contributed by atoms with Crippen molar-refractivity contribution in [2.75, 3.05) is 7.11 Å². The summed E-state index contributed by atoms with van der Waals surface area (Å²) in [5.41, 5.74) is 4.93. The van der Waals surface area contributed by atoms with Crippen molar-refractivity contribution < 1.29 is 9.53 Å². The van der Waals surface area contributed by atoms with E-state index in [0.717, 1.165) is 33.6 Å². The second-order valence-corrected chi connectivity index (χ2v) is 5.41. The Labute approximate surface area is 136 Å². The standard InChI is InChI=1S/C21H18O2/c1-15(22)20-13-10-18(16-8-11-19(23-2)12-9-16)14-21(20)17-6-4-3-5-7-17/h3-14H,1-2H3. The molecule has 0 radical (unpaired) electrons. The molecule has 0 bridgehead atoms. The molecule has 0 aliphatic heterocycles. The summed E-state index contributed by atoms with van der Waals surface area (Å²) in [6.45, 7) is 1.61. The predicted octanol–water partition coefficient (Wildman–Crippen LogP) is 5.23. The molecule has 0 saturated carbocycles. The van der Waals surface area contributed by atoms with E-state index in [1.54, 1.807) is 14.0 Å². The van der Waals surface area contributed by atoms with Crippen molar-refractivity contribution >= 4 is 5.78 Å². The van der Waals surface area contributed by atoms with Crippen LogP contribution in [0.3, 0.4) is 0 Å². The number of carbonyl (C=O) groups excluding carboxylic acids is 1. The average Bonchev–Trinajstić information content (AvgIpc) is 2.62. The molecular weight excluding hydrogens is 284 g/mol. The fraction of sp³-hybridized carbons (Fsp3) is 0.0952. The molecule has 3 rings (SSSR count). The first-order chi connectivity index (χ1) is 11.2. The van der Waals surface area contributed by atoms with Crippen molar-refractivity contribution in [1.29, 1.82) is 0 Å². The van der Waals surface area contributed by atoms with Crippen LogP contribution >= 0.6 is 0 Å². The van der Waals surface area contributed by atoms with E-state index in [-0.39, 0.29) is 5.78 Å². The summed E-state index contributed by atoms with van der Waals surface area (Å²) in [7, 11) is 1.66. The number of rotatable bonds is 4. The molecule has 2 nitrogen and oxygen atoms in total. The Kier molecular flexibility index (Phi) is 4.24. The van der Waals surface area contributed by atoms with Crippen LogP contribution < -0.4 is 4.74 Å². The predicted molar refractivity (Wildman–Crippen MR) is 93.9 cm³/mol. The van der Waals surface area contributed by atoms with Crippen LogP contribution in [0.1, 0.15) is 17.3 Å². The summed E-state index contributed by atoms with van der Waals surface area (Å²) >= 11 is 0. The van der Waals surface area contributed by atoms with E-state index >= 15 is 0 Å². The van der Waals surface area contributed by atoms with Crippen LogP contribution in [0.2, 0.25) is 0 Å². The van der Waals surface area contributed by atoms with Crippen molar-refractivity contribution in [3.63, 3.8) is 0 Å². The maximum atomic E-state index is 12.0. The second kappa shape index (κ2) is 6.49. The van der Waals surface area contributed by atoms with Gasteiger partial charge >= 0.3 is 0 Å². The zero-order chi connectivity index (χ0) is 16.2. The lowest BCUT2D eigenvalue weighted by Crippen LogP contribution is -1.96. The third-order valence-corrected chi connectivity index (χ3v) is 3.91. The number of hydrogen-bond donors (Lipinski definition) is 0. The number of ether oxygens (including phenoxy) is 1. The molecule has 0 atom stereocenters. The van der Waals surface area contributed by atoms with Gasteiger partial charge in [0.05, 0.1) is 7.11 Å². The molecule has 114 valence electrons. The smallest absolute Gasteiger partial charge is 0.160 e. The summed E-state index contributed by atoms with van der Waals surface area (Å²) in [5, 5.41) is 0. The molecule has 0 fully saturated rings. The number of benzene rings is 3. The monoisotopic (exact) mass is 302 g/mol. The largest absolute Gasteiger partial charge is 0.497 e. The molecule has 2 heteroatoms. The number of Topliss-reactive ketones (excluding diaryl/α,β-unsaturated/α-hetero) is 1. The zero-order valence-electron chi connectivity index (χ0n) is 13.2.